The van der Waals surface area contributed by atoms with Crippen LogP contribution in [0.15, 0.2) is 24.3 Å². The molecule has 0 aliphatic heterocycles. The molecule has 0 aromatic heterocycles. The molecule has 0 bridgehead atoms. The van der Waals surface area contributed by atoms with Crippen LogP contribution in [0.3, 0.4) is 0 Å². The van der Waals surface area contributed by atoms with Crippen LogP contribution in [-0.4, -0.2) is 43.8 Å². The second-order valence-electron chi connectivity index (χ2n) is 6.82. The van der Waals surface area contributed by atoms with Crippen molar-refractivity contribution in [1.82, 2.24) is 10.6 Å². The van der Waals surface area contributed by atoms with E-state index in [4.69, 9.17) is 14.2 Å². The number of rotatable bonds is 9. The average Bonchev–Trinajstić information content (AvgIpc) is 2.60. The number of hydrogen-bond acceptors (Lipinski definition) is 6. The summed E-state index contributed by atoms with van der Waals surface area (Å²) in [6, 6.07) is 7.27. The van der Waals surface area contributed by atoms with Crippen LogP contribution >= 0.6 is 0 Å². The summed E-state index contributed by atoms with van der Waals surface area (Å²) in [4.78, 5) is 34.7. The summed E-state index contributed by atoms with van der Waals surface area (Å²) in [5.41, 5.74) is 0.339. The molecule has 0 unspecified atom stereocenters. The number of hydrogen-bond donors (Lipinski definition) is 2. The Labute approximate surface area is 159 Å². The molecule has 0 fully saturated rings. The van der Waals surface area contributed by atoms with Gasteiger partial charge in [0.2, 0.25) is 0 Å². The summed E-state index contributed by atoms with van der Waals surface area (Å²) >= 11 is 0. The van der Waals surface area contributed by atoms with Gasteiger partial charge < -0.3 is 24.8 Å². The third-order valence-corrected chi connectivity index (χ3v) is 3.24. The van der Waals surface area contributed by atoms with Gasteiger partial charge in [-0.1, -0.05) is 12.1 Å². The summed E-state index contributed by atoms with van der Waals surface area (Å²) in [6.07, 6.45) is -0.0404. The molecule has 0 atom stereocenters. The fourth-order valence-electron chi connectivity index (χ4n) is 1.95. The lowest BCUT2D eigenvalue weighted by molar-refractivity contribution is -0.148. The predicted octanol–water partition coefficient (Wildman–Crippen LogP) is 2.16. The molecule has 2 amide bonds. The fourth-order valence-corrected chi connectivity index (χ4v) is 1.95. The number of carbonyl (C=O) groups is 3. The molecule has 0 saturated carbocycles. The number of methoxy groups -OCH3 is 1. The second-order valence-corrected chi connectivity index (χ2v) is 6.82. The molecule has 8 heteroatoms. The van der Waals surface area contributed by atoms with Crippen molar-refractivity contribution >= 4 is 18.0 Å². The van der Waals surface area contributed by atoms with E-state index in [0.29, 0.717) is 13.0 Å². The van der Waals surface area contributed by atoms with E-state index in [9.17, 15) is 14.4 Å². The van der Waals surface area contributed by atoms with Gasteiger partial charge in [0.15, 0.2) is 6.61 Å². The minimum Gasteiger partial charge on any atom is -0.497 e. The highest BCUT2D eigenvalue weighted by atomic mass is 16.6. The lowest BCUT2D eigenvalue weighted by Gasteiger charge is -2.19. The van der Waals surface area contributed by atoms with Gasteiger partial charge in [-0.25, -0.2) is 4.79 Å². The van der Waals surface area contributed by atoms with Crippen molar-refractivity contribution in [2.45, 2.75) is 45.8 Å². The van der Waals surface area contributed by atoms with Crippen molar-refractivity contribution in [3.63, 3.8) is 0 Å². The van der Waals surface area contributed by atoms with Crippen LogP contribution in [0.4, 0.5) is 4.79 Å². The number of benzene rings is 1. The van der Waals surface area contributed by atoms with Crippen LogP contribution in [0.2, 0.25) is 0 Å². The maximum atomic E-state index is 11.7. The maximum Gasteiger partial charge on any atom is 0.407 e. The first kappa shape index (κ1) is 22.3. The molecule has 150 valence electrons. The minimum absolute atomic E-state index is 0.0988. The highest BCUT2D eigenvalue weighted by Gasteiger charge is 2.15. The fraction of sp³-hybridized carbons (Fsp3) is 0.526. The van der Waals surface area contributed by atoms with Crippen molar-refractivity contribution in [2.24, 2.45) is 0 Å². The Kier molecular flexibility index (Phi) is 9.12. The minimum atomic E-state index is -0.567. The second kappa shape index (κ2) is 11.1. The quantitative estimate of drug-likeness (QED) is 0.503. The van der Waals surface area contributed by atoms with E-state index >= 15 is 0 Å². The van der Waals surface area contributed by atoms with Crippen molar-refractivity contribution < 1.29 is 28.6 Å². The molecule has 0 saturated heterocycles. The van der Waals surface area contributed by atoms with Gasteiger partial charge in [0.05, 0.1) is 7.11 Å². The number of alkyl carbamates (subject to hydrolysis) is 1. The van der Waals surface area contributed by atoms with Gasteiger partial charge >= 0.3 is 12.1 Å². The topological polar surface area (TPSA) is 103 Å². The summed E-state index contributed by atoms with van der Waals surface area (Å²) in [7, 11) is 1.58. The zero-order chi connectivity index (χ0) is 20.3. The van der Waals surface area contributed by atoms with Gasteiger partial charge in [-0.2, -0.15) is 0 Å². The number of amides is 2. The highest BCUT2D eigenvalue weighted by Crippen LogP contribution is 2.10. The summed E-state index contributed by atoms with van der Waals surface area (Å²) in [5, 5.41) is 5.21. The van der Waals surface area contributed by atoms with Gasteiger partial charge in [-0.15, -0.1) is 0 Å². The van der Waals surface area contributed by atoms with E-state index in [-0.39, 0.29) is 25.5 Å². The van der Waals surface area contributed by atoms with Crippen LogP contribution in [-0.2, 0) is 25.6 Å². The van der Waals surface area contributed by atoms with E-state index < -0.39 is 17.7 Å². The van der Waals surface area contributed by atoms with Crippen molar-refractivity contribution in [3.05, 3.63) is 29.8 Å². The molecule has 0 aliphatic carbocycles. The molecule has 27 heavy (non-hydrogen) atoms. The summed E-state index contributed by atoms with van der Waals surface area (Å²) in [5.74, 6) is -0.146. The highest BCUT2D eigenvalue weighted by molar-refractivity contribution is 5.80. The molecule has 2 N–H and O–H groups in total. The molecular formula is C19H28N2O6. The van der Waals surface area contributed by atoms with Gasteiger partial charge in [0, 0.05) is 19.5 Å². The average molecular weight is 380 g/mol. The first-order chi connectivity index (χ1) is 12.7. The standard InChI is InChI=1S/C19H28N2O6/c1-19(2,3)27-18(24)20-11-5-6-17(23)26-13-16(22)21-12-14-7-9-15(25-4)10-8-14/h7-10H,5-6,11-13H2,1-4H3,(H,20,24)(H,21,22). The lowest BCUT2D eigenvalue weighted by atomic mass is 10.2. The van der Waals surface area contributed by atoms with Crippen LogP contribution in [0.25, 0.3) is 0 Å². The molecule has 0 aliphatic rings. The lowest BCUT2D eigenvalue weighted by Crippen LogP contribution is -2.33. The van der Waals surface area contributed by atoms with E-state index in [1.54, 1.807) is 40.0 Å². The van der Waals surface area contributed by atoms with Crippen LogP contribution in [0.5, 0.6) is 5.75 Å². The van der Waals surface area contributed by atoms with Gasteiger partial charge in [-0.05, 0) is 44.9 Å². The molecule has 0 heterocycles. The number of esters is 1. The van der Waals surface area contributed by atoms with E-state index in [0.717, 1.165) is 11.3 Å². The molecule has 0 spiro atoms. The Hall–Kier alpha value is -2.77. The zero-order valence-corrected chi connectivity index (χ0v) is 16.3. The van der Waals surface area contributed by atoms with Crippen LogP contribution in [0, 0.1) is 0 Å². The number of carbonyl (C=O) groups excluding carboxylic acids is 3. The predicted molar refractivity (Wildman–Crippen MR) is 99.3 cm³/mol. The Balaban J connectivity index is 2.13. The zero-order valence-electron chi connectivity index (χ0n) is 16.3. The van der Waals surface area contributed by atoms with Crippen LogP contribution in [0.1, 0.15) is 39.2 Å². The first-order valence-electron chi connectivity index (χ1n) is 8.71. The van der Waals surface area contributed by atoms with Crippen molar-refractivity contribution in [1.29, 1.82) is 0 Å². The van der Waals surface area contributed by atoms with Crippen LogP contribution < -0.4 is 15.4 Å². The monoisotopic (exact) mass is 380 g/mol. The molecule has 1 aromatic rings. The molecule has 8 nitrogen and oxygen atoms in total. The summed E-state index contributed by atoms with van der Waals surface area (Å²) < 4.78 is 15.0. The van der Waals surface area contributed by atoms with Gasteiger partial charge in [-0.3, -0.25) is 9.59 Å². The smallest absolute Gasteiger partial charge is 0.407 e. The van der Waals surface area contributed by atoms with E-state index in [1.165, 1.54) is 0 Å². The third kappa shape index (κ3) is 10.7. The Morgan fingerprint density at radius 3 is 2.30 bits per heavy atom. The Morgan fingerprint density at radius 1 is 1.04 bits per heavy atom. The van der Waals surface area contributed by atoms with E-state index in [1.807, 2.05) is 12.1 Å². The third-order valence-electron chi connectivity index (χ3n) is 3.24. The molecule has 1 aromatic carbocycles. The number of ether oxygens (including phenoxy) is 3. The maximum absolute atomic E-state index is 11.7. The first-order valence-corrected chi connectivity index (χ1v) is 8.71. The van der Waals surface area contributed by atoms with Crippen molar-refractivity contribution in [3.8, 4) is 5.75 Å². The van der Waals surface area contributed by atoms with Gasteiger partial charge in [0.25, 0.3) is 5.91 Å². The number of nitrogens with one attached hydrogen (secondary N) is 2. The van der Waals surface area contributed by atoms with Crippen molar-refractivity contribution in [2.75, 3.05) is 20.3 Å². The molecule has 1 rings (SSSR count). The van der Waals surface area contributed by atoms with Gasteiger partial charge in [0.1, 0.15) is 11.4 Å². The Bertz CT molecular complexity index is 622. The van der Waals surface area contributed by atoms with E-state index in [2.05, 4.69) is 10.6 Å². The summed E-state index contributed by atoms with van der Waals surface area (Å²) in [6.45, 7) is 5.58. The largest absolute Gasteiger partial charge is 0.497 e. The molecular weight excluding hydrogens is 352 g/mol. The molecule has 0 radical (unpaired) electrons. The normalized spacial score (nSPS) is 10.7. The Morgan fingerprint density at radius 2 is 1.70 bits per heavy atom. The SMILES string of the molecule is COc1ccc(CNC(=O)COC(=O)CCCNC(=O)OC(C)(C)C)cc1.